The molecule has 0 radical (unpaired) electrons. The van der Waals surface area contributed by atoms with Gasteiger partial charge < -0.3 is 14.3 Å². The second-order valence-electron chi connectivity index (χ2n) is 10.9. The van der Waals surface area contributed by atoms with Gasteiger partial charge in [-0.1, -0.05) is 91.0 Å². The van der Waals surface area contributed by atoms with Gasteiger partial charge in [0.25, 0.3) is 0 Å². The van der Waals surface area contributed by atoms with E-state index in [-0.39, 0.29) is 6.10 Å². The SMILES string of the molecule is C[N+](C)(CCc1ccccc1)[C@H]1CC2CC[C@@H]1C2OC(=O)C(O)(c1ccccc1)c1ccccc1. The molecular weight excluding hydrogens is 434 g/mol. The van der Waals surface area contributed by atoms with Gasteiger partial charge >= 0.3 is 5.97 Å². The average molecular weight is 471 g/mol. The molecule has 2 fully saturated rings. The molecule has 3 aromatic carbocycles. The van der Waals surface area contributed by atoms with Gasteiger partial charge in [-0.2, -0.15) is 0 Å². The van der Waals surface area contributed by atoms with E-state index in [1.165, 1.54) is 5.56 Å². The van der Waals surface area contributed by atoms with Crippen LogP contribution < -0.4 is 0 Å². The lowest BCUT2D eigenvalue weighted by Crippen LogP contribution is -2.53. The van der Waals surface area contributed by atoms with Crippen molar-refractivity contribution in [2.75, 3.05) is 20.6 Å². The summed E-state index contributed by atoms with van der Waals surface area (Å²) in [6.45, 7) is 1.05. The van der Waals surface area contributed by atoms with Gasteiger partial charge in [-0.25, -0.2) is 4.79 Å². The van der Waals surface area contributed by atoms with E-state index in [2.05, 4.69) is 44.4 Å². The zero-order valence-corrected chi connectivity index (χ0v) is 20.7. The number of hydrogen-bond donors (Lipinski definition) is 1. The minimum Gasteiger partial charge on any atom is -0.459 e. The van der Waals surface area contributed by atoms with E-state index in [9.17, 15) is 9.90 Å². The van der Waals surface area contributed by atoms with Crippen molar-refractivity contribution >= 4 is 5.97 Å². The number of hydrogen-bond acceptors (Lipinski definition) is 3. The van der Waals surface area contributed by atoms with Gasteiger partial charge in [0.05, 0.1) is 26.7 Å². The summed E-state index contributed by atoms with van der Waals surface area (Å²) in [5, 5.41) is 11.8. The maximum Gasteiger partial charge on any atom is 0.347 e. The zero-order chi connectivity index (χ0) is 24.5. The highest BCUT2D eigenvalue weighted by Crippen LogP contribution is 2.50. The molecule has 4 heteroatoms. The zero-order valence-electron chi connectivity index (χ0n) is 20.7. The van der Waals surface area contributed by atoms with E-state index in [1.807, 2.05) is 36.4 Å². The summed E-state index contributed by atoms with van der Waals surface area (Å²) in [6.07, 6.45) is 4.14. The molecule has 182 valence electrons. The Morgan fingerprint density at radius 1 is 0.886 bits per heavy atom. The van der Waals surface area contributed by atoms with Crippen molar-refractivity contribution in [2.24, 2.45) is 11.8 Å². The summed E-state index contributed by atoms with van der Waals surface area (Å²) in [4.78, 5) is 13.7. The molecule has 2 saturated carbocycles. The highest BCUT2D eigenvalue weighted by atomic mass is 16.6. The van der Waals surface area contributed by atoms with E-state index in [0.717, 1.165) is 36.7 Å². The van der Waals surface area contributed by atoms with Crippen molar-refractivity contribution in [2.45, 2.75) is 43.4 Å². The van der Waals surface area contributed by atoms with Gasteiger partial charge in [-0.3, -0.25) is 0 Å². The van der Waals surface area contributed by atoms with Crippen molar-refractivity contribution in [3.63, 3.8) is 0 Å². The molecule has 2 bridgehead atoms. The topological polar surface area (TPSA) is 46.5 Å². The van der Waals surface area contributed by atoms with Crippen LogP contribution in [0.5, 0.6) is 0 Å². The van der Waals surface area contributed by atoms with Gasteiger partial charge in [-0.05, 0) is 29.5 Å². The number of quaternary nitrogens is 1. The van der Waals surface area contributed by atoms with Crippen molar-refractivity contribution in [1.29, 1.82) is 0 Å². The molecular formula is C31H36NO3+. The number of ether oxygens (including phenoxy) is 1. The van der Waals surface area contributed by atoms with Crippen LogP contribution in [0.25, 0.3) is 0 Å². The van der Waals surface area contributed by atoms with Crippen LogP contribution >= 0.6 is 0 Å². The second kappa shape index (κ2) is 9.60. The third-order valence-corrected chi connectivity index (χ3v) is 8.43. The third kappa shape index (κ3) is 4.53. The normalized spacial score (nSPS) is 23.9. The van der Waals surface area contributed by atoms with Crippen LogP contribution in [0.15, 0.2) is 91.0 Å². The van der Waals surface area contributed by atoms with E-state index in [0.29, 0.717) is 29.0 Å². The Morgan fingerprint density at radius 3 is 2.00 bits per heavy atom. The molecule has 2 aliphatic rings. The quantitative estimate of drug-likeness (QED) is 0.374. The molecule has 0 aliphatic heterocycles. The maximum atomic E-state index is 13.7. The Balaban J connectivity index is 1.35. The molecule has 3 aromatic rings. The number of fused-ring (bicyclic) bond motifs is 2. The van der Waals surface area contributed by atoms with Crippen LogP contribution in [-0.2, 0) is 21.6 Å². The van der Waals surface area contributed by atoms with Crippen molar-refractivity contribution < 1.29 is 19.1 Å². The molecule has 35 heavy (non-hydrogen) atoms. The molecule has 0 amide bonds. The number of aliphatic hydroxyl groups is 1. The molecule has 2 aliphatic carbocycles. The molecule has 0 aromatic heterocycles. The summed E-state index contributed by atoms with van der Waals surface area (Å²) in [5.74, 6) is 0.122. The van der Waals surface area contributed by atoms with Crippen LogP contribution in [0.1, 0.15) is 36.0 Å². The van der Waals surface area contributed by atoms with Gasteiger partial charge in [0.2, 0.25) is 5.60 Å². The molecule has 1 N–H and O–H groups in total. The van der Waals surface area contributed by atoms with Crippen molar-refractivity contribution in [1.82, 2.24) is 0 Å². The molecule has 0 saturated heterocycles. The van der Waals surface area contributed by atoms with Crippen LogP contribution in [0.4, 0.5) is 0 Å². The van der Waals surface area contributed by atoms with Crippen LogP contribution in [0.3, 0.4) is 0 Å². The first kappa shape index (κ1) is 23.8. The van der Waals surface area contributed by atoms with Crippen LogP contribution in [-0.4, -0.2) is 48.3 Å². The van der Waals surface area contributed by atoms with E-state index < -0.39 is 11.6 Å². The van der Waals surface area contributed by atoms with Crippen molar-refractivity contribution in [3.05, 3.63) is 108 Å². The molecule has 0 heterocycles. The lowest BCUT2D eigenvalue weighted by molar-refractivity contribution is -0.918. The van der Waals surface area contributed by atoms with Crippen LogP contribution in [0.2, 0.25) is 0 Å². The molecule has 4 atom stereocenters. The van der Waals surface area contributed by atoms with Gasteiger partial charge in [-0.15, -0.1) is 0 Å². The minimum absolute atomic E-state index is 0.138. The number of carbonyl (C=O) groups excluding carboxylic acids is 1. The summed E-state index contributed by atoms with van der Waals surface area (Å²) >= 11 is 0. The van der Waals surface area contributed by atoms with E-state index in [1.54, 1.807) is 24.3 Å². The van der Waals surface area contributed by atoms with E-state index >= 15 is 0 Å². The summed E-state index contributed by atoms with van der Waals surface area (Å²) < 4.78 is 7.18. The summed E-state index contributed by atoms with van der Waals surface area (Å²) in [5.41, 5.74) is 0.618. The largest absolute Gasteiger partial charge is 0.459 e. The number of esters is 1. The molecule has 5 rings (SSSR count). The first-order valence-electron chi connectivity index (χ1n) is 12.8. The van der Waals surface area contributed by atoms with Gasteiger partial charge in [0, 0.05) is 24.7 Å². The predicted molar refractivity (Wildman–Crippen MR) is 138 cm³/mol. The molecule has 2 unspecified atom stereocenters. The minimum atomic E-state index is -1.82. The first-order valence-corrected chi connectivity index (χ1v) is 12.8. The lowest BCUT2D eigenvalue weighted by atomic mass is 9.86. The fourth-order valence-corrected chi connectivity index (χ4v) is 6.42. The standard InChI is InChI=1S/C31H36NO3/c1-32(2,21-20-23-12-6-3-7-13-23)28-22-24-18-19-27(28)29(24)35-30(33)31(34,25-14-8-4-9-15-25)26-16-10-5-11-17-26/h3-17,24,27-29,34H,18-22H2,1-2H3/q+1/t24?,27-,28-,29?/m0/s1. The number of carbonyl (C=O) groups is 1. The van der Waals surface area contributed by atoms with Gasteiger partial charge in [0.1, 0.15) is 6.10 Å². The lowest BCUT2D eigenvalue weighted by Gasteiger charge is -2.40. The van der Waals surface area contributed by atoms with Gasteiger partial charge in [0.15, 0.2) is 0 Å². The monoisotopic (exact) mass is 470 g/mol. The smallest absolute Gasteiger partial charge is 0.347 e. The Labute approximate surface area is 208 Å². The Morgan fingerprint density at radius 2 is 1.43 bits per heavy atom. The number of nitrogens with zero attached hydrogens (tertiary/aromatic N) is 1. The number of benzene rings is 3. The Kier molecular flexibility index (Phi) is 6.52. The first-order chi connectivity index (χ1) is 16.9. The maximum absolute atomic E-state index is 13.7. The fraction of sp³-hybridized carbons (Fsp3) is 0.387. The highest BCUT2D eigenvalue weighted by molar-refractivity contribution is 5.85. The average Bonchev–Trinajstić information content (AvgIpc) is 3.45. The predicted octanol–water partition coefficient (Wildman–Crippen LogP) is 4.95. The molecule has 4 nitrogen and oxygen atoms in total. The Bertz CT molecular complexity index is 1090. The van der Waals surface area contributed by atoms with Crippen LogP contribution in [0, 0.1) is 11.8 Å². The van der Waals surface area contributed by atoms with E-state index in [4.69, 9.17) is 4.74 Å². The second-order valence-corrected chi connectivity index (χ2v) is 10.9. The Hall–Kier alpha value is -2.95. The summed E-state index contributed by atoms with van der Waals surface area (Å²) in [6, 6.07) is 29.4. The number of rotatable bonds is 8. The number of likely N-dealkylation sites (N-methyl/N-ethyl adjacent to an activating group) is 1. The summed E-state index contributed by atoms with van der Waals surface area (Å²) in [7, 11) is 4.63. The molecule has 0 spiro atoms. The fourth-order valence-electron chi connectivity index (χ4n) is 6.42. The third-order valence-electron chi connectivity index (χ3n) is 8.43. The van der Waals surface area contributed by atoms with Crippen molar-refractivity contribution in [3.8, 4) is 0 Å². The highest BCUT2D eigenvalue weighted by Gasteiger charge is 2.57.